The highest BCUT2D eigenvalue weighted by Crippen LogP contribution is 2.26. The number of rotatable bonds is 8. The lowest BCUT2D eigenvalue weighted by molar-refractivity contribution is -0.134. The van der Waals surface area contributed by atoms with Gasteiger partial charge in [-0.05, 0) is 48.2 Å². The van der Waals surface area contributed by atoms with Crippen molar-refractivity contribution >= 4 is 21.4 Å². The molecule has 0 fully saturated rings. The quantitative estimate of drug-likeness (QED) is 0.331. The van der Waals surface area contributed by atoms with Gasteiger partial charge in [0.1, 0.15) is 0 Å². The van der Waals surface area contributed by atoms with Crippen LogP contribution < -0.4 is 0 Å². The van der Waals surface area contributed by atoms with Gasteiger partial charge in [-0.2, -0.15) is 13.2 Å². The van der Waals surface area contributed by atoms with Crippen LogP contribution in [0.15, 0.2) is 83.1 Å². The summed E-state index contributed by atoms with van der Waals surface area (Å²) in [4.78, 5) is 20.6. The van der Waals surface area contributed by atoms with Crippen LogP contribution in [0.3, 0.4) is 0 Å². The molecule has 0 aliphatic heterocycles. The van der Waals surface area contributed by atoms with E-state index in [0.29, 0.717) is 23.3 Å². The Hall–Kier alpha value is -3.53. The van der Waals surface area contributed by atoms with Gasteiger partial charge >= 0.3 is 6.18 Å². The molecule has 2 heterocycles. The molecule has 0 radical (unpaired) electrons. The van der Waals surface area contributed by atoms with Crippen molar-refractivity contribution < 1.29 is 26.4 Å². The molecule has 0 unspecified atom stereocenters. The normalized spacial score (nSPS) is 12.2. The molecule has 0 N–H and O–H groups in total. The van der Waals surface area contributed by atoms with Crippen LogP contribution in [0, 0.1) is 0 Å². The number of aromatic nitrogens is 3. The molecule has 0 spiro atoms. The summed E-state index contributed by atoms with van der Waals surface area (Å²) in [6.45, 7) is 0. The van der Waals surface area contributed by atoms with Crippen LogP contribution in [-0.2, 0) is 22.7 Å². The average Bonchev–Trinajstić information content (AvgIpc) is 3.29. The molecule has 2 aromatic carbocycles. The first kappa shape index (κ1) is 23.6. The number of hydrogen-bond donors (Lipinski definition) is 0. The van der Waals surface area contributed by atoms with E-state index in [2.05, 4.69) is 9.97 Å². The third-order valence-electron chi connectivity index (χ3n) is 5.35. The highest BCUT2D eigenvalue weighted by atomic mass is 32.2. The van der Waals surface area contributed by atoms with Crippen molar-refractivity contribution in [3.63, 3.8) is 0 Å². The lowest BCUT2D eigenvalue weighted by Crippen LogP contribution is -2.09. The maximum Gasteiger partial charge on any atom is 0.389 e. The van der Waals surface area contributed by atoms with E-state index in [0.717, 1.165) is 5.56 Å². The first-order chi connectivity index (χ1) is 16.1. The molecule has 0 saturated heterocycles. The van der Waals surface area contributed by atoms with Gasteiger partial charge in [-0.1, -0.05) is 24.3 Å². The Morgan fingerprint density at radius 2 is 1.71 bits per heavy atom. The van der Waals surface area contributed by atoms with Crippen LogP contribution in [0.5, 0.6) is 0 Å². The second-order valence-corrected chi connectivity index (χ2v) is 9.76. The number of Topliss-reactive ketones (excluding diaryl/α,β-unsaturated/α-hetero) is 1. The molecule has 0 saturated carbocycles. The van der Waals surface area contributed by atoms with Crippen LogP contribution >= 0.6 is 0 Å². The zero-order chi connectivity index (χ0) is 24.3. The largest absolute Gasteiger partial charge is 0.389 e. The number of ketones is 1. The summed E-state index contributed by atoms with van der Waals surface area (Å²) in [5.74, 6) is 0.398. The van der Waals surface area contributed by atoms with Crippen LogP contribution in [0.2, 0.25) is 0 Å². The zero-order valence-corrected chi connectivity index (χ0v) is 18.7. The Morgan fingerprint density at radius 3 is 2.44 bits per heavy atom. The number of nitrogens with zero attached hydrogens (tertiary/aromatic N) is 3. The van der Waals surface area contributed by atoms with E-state index >= 15 is 0 Å². The number of imidazole rings is 1. The fourth-order valence-corrected chi connectivity index (χ4v) is 4.82. The Kier molecular flexibility index (Phi) is 6.52. The molecule has 0 amide bonds. The molecule has 4 aromatic rings. The Bertz CT molecular complexity index is 1430. The van der Waals surface area contributed by atoms with E-state index < -0.39 is 22.4 Å². The maximum atomic E-state index is 12.9. The second-order valence-electron chi connectivity index (χ2n) is 7.81. The molecule has 0 aliphatic rings. The summed E-state index contributed by atoms with van der Waals surface area (Å²) in [6, 6.07) is 11.7. The van der Waals surface area contributed by atoms with E-state index in [1.807, 2.05) is 0 Å². The van der Waals surface area contributed by atoms with Gasteiger partial charge in [0.25, 0.3) is 0 Å². The second kappa shape index (κ2) is 9.38. The van der Waals surface area contributed by atoms with Crippen molar-refractivity contribution in [3.8, 4) is 0 Å². The van der Waals surface area contributed by atoms with Crippen molar-refractivity contribution in [1.29, 1.82) is 0 Å². The first-order valence-electron chi connectivity index (χ1n) is 10.4. The number of sulfone groups is 1. The van der Waals surface area contributed by atoms with Gasteiger partial charge in [-0.3, -0.25) is 9.20 Å². The smallest absolute Gasteiger partial charge is 0.294 e. The summed E-state index contributed by atoms with van der Waals surface area (Å²) in [6.07, 6.45) is 1.44. The standard InChI is InChI=1S/C24H20F3N3O3S/c25-24(26,27)11-10-18-2-1-3-21(14-18)34(32,33)20-7-4-17(5-8-20)6-9-22(31)19-15-29-23-28-12-13-30(23)16-19/h1-5,7-8,12-16H,6,9-11H2. The van der Waals surface area contributed by atoms with E-state index in [1.54, 1.807) is 35.1 Å². The van der Waals surface area contributed by atoms with Crippen LogP contribution in [0.25, 0.3) is 5.78 Å². The van der Waals surface area contributed by atoms with Crippen molar-refractivity contribution in [2.24, 2.45) is 0 Å². The molecule has 2 aromatic heterocycles. The minimum absolute atomic E-state index is 0.0327. The highest BCUT2D eigenvalue weighted by Gasteiger charge is 2.27. The first-order valence-corrected chi connectivity index (χ1v) is 11.9. The average molecular weight is 488 g/mol. The van der Waals surface area contributed by atoms with Crippen molar-refractivity contribution in [3.05, 3.63) is 90.0 Å². The number of halogens is 3. The predicted octanol–water partition coefficient (Wildman–Crippen LogP) is 4.87. The summed E-state index contributed by atoms with van der Waals surface area (Å²) >= 11 is 0. The van der Waals surface area contributed by atoms with Gasteiger partial charge in [-0.15, -0.1) is 0 Å². The van der Waals surface area contributed by atoms with Crippen molar-refractivity contribution in [2.75, 3.05) is 0 Å². The zero-order valence-electron chi connectivity index (χ0n) is 17.9. The minimum Gasteiger partial charge on any atom is -0.294 e. The van der Waals surface area contributed by atoms with Crippen molar-refractivity contribution in [1.82, 2.24) is 14.4 Å². The van der Waals surface area contributed by atoms with Crippen LogP contribution in [0.1, 0.15) is 34.3 Å². The Balaban J connectivity index is 1.42. The van der Waals surface area contributed by atoms with E-state index in [-0.39, 0.29) is 28.4 Å². The number of aryl methyl sites for hydroxylation is 2. The fourth-order valence-electron chi connectivity index (χ4n) is 3.49. The van der Waals surface area contributed by atoms with Gasteiger partial charge in [0, 0.05) is 37.6 Å². The van der Waals surface area contributed by atoms with Gasteiger partial charge in [0.05, 0.1) is 15.4 Å². The molecular formula is C24H20F3N3O3S. The Labute approximate surface area is 194 Å². The summed E-state index contributed by atoms with van der Waals surface area (Å²) in [5, 5.41) is 0. The number of carbonyl (C=O) groups is 1. The molecule has 4 rings (SSSR count). The maximum absolute atomic E-state index is 12.9. The van der Waals surface area contributed by atoms with Crippen molar-refractivity contribution in [2.45, 2.75) is 41.7 Å². The number of benzene rings is 2. The third kappa shape index (κ3) is 5.51. The Morgan fingerprint density at radius 1 is 0.941 bits per heavy atom. The summed E-state index contributed by atoms with van der Waals surface area (Å²) in [7, 11) is -3.89. The third-order valence-corrected chi connectivity index (χ3v) is 7.12. The molecule has 34 heavy (non-hydrogen) atoms. The molecule has 176 valence electrons. The van der Waals surface area contributed by atoms with Gasteiger partial charge in [0.15, 0.2) is 5.78 Å². The van der Waals surface area contributed by atoms with Crippen LogP contribution in [0.4, 0.5) is 13.2 Å². The molecular weight excluding hydrogens is 467 g/mol. The SMILES string of the molecule is O=C(CCc1ccc(S(=O)(=O)c2cccc(CCC(F)(F)F)c2)cc1)c1cnc2nccn2c1. The lowest BCUT2D eigenvalue weighted by Gasteiger charge is -2.09. The lowest BCUT2D eigenvalue weighted by atomic mass is 10.0. The topological polar surface area (TPSA) is 81.4 Å². The fraction of sp³-hybridized carbons (Fsp3) is 0.208. The van der Waals surface area contributed by atoms with Gasteiger partial charge in [-0.25, -0.2) is 18.4 Å². The van der Waals surface area contributed by atoms with E-state index in [9.17, 15) is 26.4 Å². The van der Waals surface area contributed by atoms with Gasteiger partial charge < -0.3 is 0 Å². The number of hydrogen-bond acceptors (Lipinski definition) is 5. The molecule has 0 aliphatic carbocycles. The highest BCUT2D eigenvalue weighted by molar-refractivity contribution is 7.91. The van der Waals surface area contributed by atoms with E-state index in [4.69, 9.17) is 0 Å². The monoisotopic (exact) mass is 487 g/mol. The molecule has 10 heteroatoms. The van der Waals surface area contributed by atoms with Gasteiger partial charge in [0.2, 0.25) is 15.6 Å². The minimum atomic E-state index is -4.31. The van der Waals surface area contributed by atoms with E-state index in [1.165, 1.54) is 42.6 Å². The summed E-state index contributed by atoms with van der Waals surface area (Å²) in [5.41, 5.74) is 1.54. The number of fused-ring (bicyclic) bond motifs is 1. The number of alkyl halides is 3. The predicted molar refractivity (Wildman–Crippen MR) is 118 cm³/mol. The molecule has 0 bridgehead atoms. The number of carbonyl (C=O) groups excluding carboxylic acids is 1. The summed E-state index contributed by atoms with van der Waals surface area (Å²) < 4.78 is 65.0. The molecule has 6 nitrogen and oxygen atoms in total. The molecule has 0 atom stereocenters. The van der Waals surface area contributed by atoms with Crippen LogP contribution in [-0.4, -0.2) is 34.7 Å².